The highest BCUT2D eigenvalue weighted by atomic mass is 32.1. The molecule has 1 atom stereocenters. The first kappa shape index (κ1) is 11.7. The molecule has 0 amide bonds. The molecular weight excluding hydrogens is 216 g/mol. The minimum Gasteiger partial charge on any atom is -0.481 e. The van der Waals surface area contributed by atoms with E-state index < -0.39 is 17.9 Å². The molecule has 4 nitrogen and oxygen atoms in total. The van der Waals surface area contributed by atoms with Gasteiger partial charge in [0.05, 0.1) is 6.42 Å². The van der Waals surface area contributed by atoms with Crippen molar-refractivity contribution in [1.82, 2.24) is 0 Å². The fraction of sp³-hybridized carbons (Fsp3) is 0.400. The first-order valence-electron chi connectivity index (χ1n) is 4.57. The summed E-state index contributed by atoms with van der Waals surface area (Å²) in [6, 6.07) is 1.85. The molecule has 1 unspecified atom stereocenters. The second-order valence-electron chi connectivity index (χ2n) is 3.15. The standard InChI is InChI=1S/C10H12O4S/c1-2-6-3-4-15-9(6)7(10(13)14)5-8(11)12/h3-4,7H,2,5H2,1H3,(H,11,12)(H,13,14). The molecule has 2 N–H and O–H groups in total. The second-order valence-corrected chi connectivity index (χ2v) is 4.10. The Hall–Kier alpha value is -1.36. The molecule has 0 radical (unpaired) electrons. The second kappa shape index (κ2) is 4.93. The van der Waals surface area contributed by atoms with Crippen LogP contribution >= 0.6 is 11.3 Å². The number of aliphatic carboxylic acids is 2. The lowest BCUT2D eigenvalue weighted by atomic mass is 9.99. The van der Waals surface area contributed by atoms with Crippen LogP contribution in [0, 0.1) is 0 Å². The van der Waals surface area contributed by atoms with Gasteiger partial charge in [0.2, 0.25) is 0 Å². The first-order valence-corrected chi connectivity index (χ1v) is 5.45. The predicted octanol–water partition coefficient (Wildman–Crippen LogP) is 1.95. The van der Waals surface area contributed by atoms with E-state index in [-0.39, 0.29) is 6.42 Å². The average Bonchev–Trinajstić information content (AvgIpc) is 2.60. The summed E-state index contributed by atoms with van der Waals surface area (Å²) in [7, 11) is 0. The van der Waals surface area contributed by atoms with E-state index >= 15 is 0 Å². The van der Waals surface area contributed by atoms with Gasteiger partial charge in [0.1, 0.15) is 5.92 Å². The summed E-state index contributed by atoms with van der Waals surface area (Å²) in [4.78, 5) is 22.2. The van der Waals surface area contributed by atoms with Crippen molar-refractivity contribution in [3.63, 3.8) is 0 Å². The van der Waals surface area contributed by atoms with Crippen molar-refractivity contribution >= 4 is 23.3 Å². The molecule has 0 fully saturated rings. The Balaban J connectivity index is 2.98. The quantitative estimate of drug-likeness (QED) is 0.807. The molecular formula is C10H12O4S. The van der Waals surface area contributed by atoms with Crippen molar-refractivity contribution in [2.45, 2.75) is 25.7 Å². The minimum absolute atomic E-state index is 0.358. The highest BCUT2D eigenvalue weighted by Crippen LogP contribution is 2.29. The molecule has 15 heavy (non-hydrogen) atoms. The van der Waals surface area contributed by atoms with Crippen molar-refractivity contribution in [1.29, 1.82) is 0 Å². The van der Waals surface area contributed by atoms with E-state index in [1.54, 1.807) is 5.38 Å². The van der Waals surface area contributed by atoms with E-state index in [0.29, 0.717) is 4.88 Å². The van der Waals surface area contributed by atoms with Gasteiger partial charge < -0.3 is 10.2 Å². The van der Waals surface area contributed by atoms with Gasteiger partial charge in [0.25, 0.3) is 0 Å². The van der Waals surface area contributed by atoms with Crippen LogP contribution in [0.3, 0.4) is 0 Å². The molecule has 0 aliphatic carbocycles. The van der Waals surface area contributed by atoms with Gasteiger partial charge >= 0.3 is 11.9 Å². The highest BCUT2D eigenvalue weighted by Gasteiger charge is 2.26. The monoisotopic (exact) mass is 228 g/mol. The maximum atomic E-state index is 10.9. The largest absolute Gasteiger partial charge is 0.481 e. The maximum absolute atomic E-state index is 10.9. The molecule has 82 valence electrons. The van der Waals surface area contributed by atoms with Crippen molar-refractivity contribution in [3.8, 4) is 0 Å². The van der Waals surface area contributed by atoms with E-state index in [4.69, 9.17) is 10.2 Å². The molecule has 5 heteroatoms. The number of aryl methyl sites for hydroxylation is 1. The third kappa shape index (κ3) is 2.79. The van der Waals surface area contributed by atoms with E-state index in [2.05, 4.69) is 0 Å². The zero-order chi connectivity index (χ0) is 11.4. The number of hydrogen-bond acceptors (Lipinski definition) is 3. The van der Waals surface area contributed by atoms with Crippen LogP contribution in [0.1, 0.15) is 29.7 Å². The summed E-state index contributed by atoms with van der Waals surface area (Å²) in [5.74, 6) is -3.08. The summed E-state index contributed by atoms with van der Waals surface area (Å²) in [6.07, 6.45) is 0.366. The van der Waals surface area contributed by atoms with Crippen molar-refractivity contribution < 1.29 is 19.8 Å². The molecule has 0 aliphatic rings. The maximum Gasteiger partial charge on any atom is 0.312 e. The summed E-state index contributed by atoms with van der Waals surface area (Å²) < 4.78 is 0. The third-order valence-electron chi connectivity index (χ3n) is 2.15. The number of carboxylic acid groups (broad SMARTS) is 2. The van der Waals surface area contributed by atoms with Gasteiger partial charge in [-0.2, -0.15) is 0 Å². The lowest BCUT2D eigenvalue weighted by Crippen LogP contribution is -2.15. The number of rotatable bonds is 5. The summed E-state index contributed by atoms with van der Waals surface area (Å²) in [6.45, 7) is 1.92. The zero-order valence-corrected chi connectivity index (χ0v) is 9.08. The van der Waals surface area contributed by atoms with E-state index in [1.807, 2.05) is 13.0 Å². The van der Waals surface area contributed by atoms with E-state index in [9.17, 15) is 9.59 Å². The van der Waals surface area contributed by atoms with Gasteiger partial charge in [-0.1, -0.05) is 6.92 Å². The van der Waals surface area contributed by atoms with Gasteiger partial charge in [0.15, 0.2) is 0 Å². The predicted molar refractivity (Wildman–Crippen MR) is 56.3 cm³/mol. The summed E-state index contributed by atoms with van der Waals surface area (Å²) in [5.41, 5.74) is 0.925. The molecule has 0 bridgehead atoms. The Morgan fingerprint density at radius 1 is 1.47 bits per heavy atom. The van der Waals surface area contributed by atoms with Crippen molar-refractivity contribution in [3.05, 3.63) is 21.9 Å². The molecule has 1 aromatic rings. The van der Waals surface area contributed by atoms with Crippen LogP contribution in [0.2, 0.25) is 0 Å². The zero-order valence-electron chi connectivity index (χ0n) is 8.27. The third-order valence-corrected chi connectivity index (χ3v) is 3.23. The molecule has 0 saturated heterocycles. The molecule has 0 saturated carbocycles. The lowest BCUT2D eigenvalue weighted by molar-refractivity contribution is -0.145. The van der Waals surface area contributed by atoms with Crippen LogP contribution in [0.4, 0.5) is 0 Å². The van der Waals surface area contributed by atoms with Crippen molar-refractivity contribution in [2.75, 3.05) is 0 Å². The molecule has 1 aromatic heterocycles. The van der Waals surface area contributed by atoms with E-state index in [1.165, 1.54) is 11.3 Å². The Bertz CT molecular complexity index is 369. The summed E-state index contributed by atoms with van der Waals surface area (Å²) >= 11 is 1.31. The van der Waals surface area contributed by atoms with E-state index in [0.717, 1.165) is 12.0 Å². The van der Waals surface area contributed by atoms with Crippen LogP contribution in [-0.4, -0.2) is 22.2 Å². The van der Waals surface area contributed by atoms with Crippen molar-refractivity contribution in [2.24, 2.45) is 0 Å². The smallest absolute Gasteiger partial charge is 0.312 e. The number of hydrogen-bond donors (Lipinski definition) is 2. The number of carbonyl (C=O) groups is 2. The SMILES string of the molecule is CCc1ccsc1C(CC(=O)O)C(=O)O. The van der Waals surface area contributed by atoms with Crippen LogP contribution in [-0.2, 0) is 16.0 Å². The minimum atomic E-state index is -1.09. The van der Waals surface area contributed by atoms with Gasteiger partial charge in [-0.3, -0.25) is 9.59 Å². The Labute approximate surface area is 91.2 Å². The highest BCUT2D eigenvalue weighted by molar-refractivity contribution is 7.10. The van der Waals surface area contributed by atoms with Crippen LogP contribution in [0.5, 0.6) is 0 Å². The molecule has 0 aromatic carbocycles. The topological polar surface area (TPSA) is 74.6 Å². The fourth-order valence-electron chi connectivity index (χ4n) is 1.41. The Morgan fingerprint density at radius 2 is 2.13 bits per heavy atom. The number of thiophene rings is 1. The van der Waals surface area contributed by atoms with Crippen LogP contribution < -0.4 is 0 Å². The summed E-state index contributed by atoms with van der Waals surface area (Å²) in [5, 5.41) is 19.4. The lowest BCUT2D eigenvalue weighted by Gasteiger charge is -2.09. The number of carboxylic acids is 2. The molecule has 0 spiro atoms. The average molecular weight is 228 g/mol. The van der Waals surface area contributed by atoms with Crippen LogP contribution in [0.15, 0.2) is 11.4 Å². The normalized spacial score (nSPS) is 12.3. The Kier molecular flexibility index (Phi) is 3.85. The van der Waals surface area contributed by atoms with Gasteiger partial charge in [0, 0.05) is 4.88 Å². The van der Waals surface area contributed by atoms with Gasteiger partial charge in [-0.25, -0.2) is 0 Å². The fourth-order valence-corrected chi connectivity index (χ4v) is 2.50. The molecule has 1 heterocycles. The van der Waals surface area contributed by atoms with Gasteiger partial charge in [-0.05, 0) is 23.4 Å². The molecule has 1 rings (SSSR count). The van der Waals surface area contributed by atoms with Gasteiger partial charge in [-0.15, -0.1) is 11.3 Å². The molecule has 0 aliphatic heterocycles. The Morgan fingerprint density at radius 3 is 2.60 bits per heavy atom. The first-order chi connectivity index (χ1) is 7.06. The van der Waals surface area contributed by atoms with Crippen LogP contribution in [0.25, 0.3) is 0 Å².